The van der Waals surface area contributed by atoms with Gasteiger partial charge < -0.3 is 11.1 Å². The van der Waals surface area contributed by atoms with Crippen molar-refractivity contribution in [1.82, 2.24) is 0 Å². The molecule has 0 fully saturated rings. The summed E-state index contributed by atoms with van der Waals surface area (Å²) in [6.07, 6.45) is 1.82. The Bertz CT molecular complexity index is 743. The van der Waals surface area contributed by atoms with Crippen molar-refractivity contribution in [2.24, 2.45) is 5.73 Å². The minimum absolute atomic E-state index is 0.0423. The first-order valence-corrected chi connectivity index (χ1v) is 7.90. The molecule has 2 aromatic rings. The van der Waals surface area contributed by atoms with Crippen molar-refractivity contribution in [3.63, 3.8) is 0 Å². The van der Waals surface area contributed by atoms with Crippen LogP contribution in [0.1, 0.15) is 5.56 Å². The molecule has 0 radical (unpaired) electrons. The number of para-hydroxylation sites is 1. The van der Waals surface area contributed by atoms with E-state index in [-0.39, 0.29) is 11.3 Å². The third kappa shape index (κ3) is 4.10. The molecule has 0 aromatic heterocycles. The number of thioether (sulfide) groups is 1. The van der Waals surface area contributed by atoms with Crippen LogP contribution in [0.15, 0.2) is 59.6 Å². The largest absolute Gasteiger partial charge is 0.365 e. The number of anilines is 1. The van der Waals surface area contributed by atoms with Crippen molar-refractivity contribution in [3.05, 3.63) is 75.3 Å². The molecule has 0 atom stereocenters. The smallest absolute Gasteiger partial charge is 0.269 e. The first-order valence-electron chi connectivity index (χ1n) is 6.68. The van der Waals surface area contributed by atoms with E-state index in [9.17, 15) is 14.9 Å². The molecule has 23 heavy (non-hydrogen) atoms. The van der Waals surface area contributed by atoms with Crippen molar-refractivity contribution in [1.29, 1.82) is 0 Å². The molecule has 0 spiro atoms. The molecule has 0 unspecified atom stereocenters. The summed E-state index contributed by atoms with van der Waals surface area (Å²) in [6, 6.07) is 15.1. The van der Waals surface area contributed by atoms with Gasteiger partial charge in [-0.15, -0.1) is 11.8 Å². The van der Waals surface area contributed by atoms with Gasteiger partial charge in [0.15, 0.2) is 0 Å². The molecule has 6 nitrogen and oxygen atoms in total. The summed E-state index contributed by atoms with van der Waals surface area (Å²) in [5.41, 5.74) is 7.10. The summed E-state index contributed by atoms with van der Waals surface area (Å²) >= 11 is 1.34. The van der Waals surface area contributed by atoms with E-state index in [0.29, 0.717) is 10.6 Å². The normalized spacial score (nSPS) is 11.5. The maximum atomic E-state index is 11.9. The van der Waals surface area contributed by atoms with Crippen molar-refractivity contribution in [2.45, 2.75) is 0 Å². The van der Waals surface area contributed by atoms with Crippen molar-refractivity contribution >= 4 is 34.6 Å². The van der Waals surface area contributed by atoms with Crippen molar-refractivity contribution in [3.8, 4) is 0 Å². The monoisotopic (exact) mass is 329 g/mol. The van der Waals surface area contributed by atoms with E-state index in [4.69, 9.17) is 5.73 Å². The molecule has 0 saturated heterocycles. The number of hydrogen-bond donors (Lipinski definition) is 2. The van der Waals surface area contributed by atoms with Crippen LogP contribution in [0, 0.1) is 10.1 Å². The van der Waals surface area contributed by atoms with Crippen LogP contribution in [-0.2, 0) is 4.79 Å². The van der Waals surface area contributed by atoms with Gasteiger partial charge in [0.1, 0.15) is 0 Å². The van der Waals surface area contributed by atoms with Crippen LogP contribution in [0.3, 0.4) is 0 Å². The third-order valence-electron chi connectivity index (χ3n) is 3.08. The first-order chi connectivity index (χ1) is 11.0. The van der Waals surface area contributed by atoms with E-state index in [0.717, 1.165) is 5.69 Å². The lowest BCUT2D eigenvalue weighted by atomic mass is 10.1. The van der Waals surface area contributed by atoms with Crippen LogP contribution in [0.2, 0.25) is 0 Å². The van der Waals surface area contributed by atoms with E-state index in [2.05, 4.69) is 5.32 Å². The Hall–Kier alpha value is -2.80. The molecular weight excluding hydrogens is 314 g/mol. The second-order valence-corrected chi connectivity index (χ2v) is 5.38. The van der Waals surface area contributed by atoms with Gasteiger partial charge in [-0.1, -0.05) is 18.2 Å². The van der Waals surface area contributed by atoms with Gasteiger partial charge >= 0.3 is 0 Å². The Morgan fingerprint density at radius 2 is 1.74 bits per heavy atom. The van der Waals surface area contributed by atoms with Crippen LogP contribution in [0.4, 0.5) is 11.4 Å². The number of nitrogens with zero attached hydrogens (tertiary/aromatic N) is 1. The average molecular weight is 329 g/mol. The zero-order chi connectivity index (χ0) is 16.8. The number of carbonyl (C=O) groups is 1. The van der Waals surface area contributed by atoms with Crippen LogP contribution < -0.4 is 11.1 Å². The molecule has 3 N–H and O–H groups in total. The van der Waals surface area contributed by atoms with Gasteiger partial charge in [-0.2, -0.15) is 0 Å². The maximum absolute atomic E-state index is 11.9. The van der Waals surface area contributed by atoms with Gasteiger partial charge in [-0.3, -0.25) is 14.9 Å². The number of non-ortho nitro benzene ring substituents is 1. The average Bonchev–Trinajstić information content (AvgIpc) is 2.55. The number of nitrogens with one attached hydrogen (secondary N) is 1. The summed E-state index contributed by atoms with van der Waals surface area (Å²) in [4.78, 5) is 22.1. The highest BCUT2D eigenvalue weighted by molar-refractivity contribution is 8.02. The van der Waals surface area contributed by atoms with Gasteiger partial charge in [0, 0.05) is 17.8 Å². The molecule has 1 amide bonds. The lowest BCUT2D eigenvalue weighted by Crippen LogP contribution is -2.16. The fourth-order valence-electron chi connectivity index (χ4n) is 2.00. The molecular formula is C16H15N3O3S. The van der Waals surface area contributed by atoms with E-state index in [1.165, 1.54) is 36.0 Å². The highest BCUT2D eigenvalue weighted by Gasteiger charge is 2.16. The summed E-state index contributed by atoms with van der Waals surface area (Å²) in [5.74, 6) is -0.605. The summed E-state index contributed by atoms with van der Waals surface area (Å²) < 4.78 is 0. The van der Waals surface area contributed by atoms with Crippen molar-refractivity contribution < 1.29 is 9.72 Å². The van der Waals surface area contributed by atoms with Crippen LogP contribution in [0.25, 0.3) is 5.57 Å². The van der Waals surface area contributed by atoms with Crippen LogP contribution >= 0.6 is 11.8 Å². The standard InChI is InChI=1S/C16H15N3O3S/c1-23-16(18-12-5-3-2-4-6-12)14(15(17)20)11-7-9-13(10-8-11)19(21)22/h2-10,18H,1H3,(H2,17,20)/b16-14-. The molecule has 2 rings (SSSR count). The summed E-state index contributed by atoms with van der Waals surface area (Å²) in [5, 5.41) is 14.5. The Morgan fingerprint density at radius 1 is 1.13 bits per heavy atom. The lowest BCUT2D eigenvalue weighted by Gasteiger charge is -2.14. The zero-order valence-electron chi connectivity index (χ0n) is 12.4. The number of carbonyl (C=O) groups excluding carboxylic acids is 1. The summed E-state index contributed by atoms with van der Waals surface area (Å²) in [7, 11) is 0. The minimum atomic E-state index is -0.605. The maximum Gasteiger partial charge on any atom is 0.269 e. The van der Waals surface area contributed by atoms with Gasteiger partial charge in [0.2, 0.25) is 0 Å². The van der Waals surface area contributed by atoms with Gasteiger partial charge in [0.25, 0.3) is 11.6 Å². The number of nitro groups is 1. The number of benzene rings is 2. The quantitative estimate of drug-likeness (QED) is 0.481. The SMILES string of the molecule is CS/C(Nc1ccccc1)=C(\C(N)=O)c1ccc([N+](=O)[O-])cc1. The predicted octanol–water partition coefficient (Wildman–Crippen LogP) is 3.22. The molecule has 0 saturated carbocycles. The number of primary amides is 1. The molecule has 0 aliphatic rings. The Kier molecular flexibility index (Phi) is 5.37. The zero-order valence-corrected chi connectivity index (χ0v) is 13.2. The third-order valence-corrected chi connectivity index (χ3v) is 3.79. The highest BCUT2D eigenvalue weighted by atomic mass is 32.2. The fourth-order valence-corrected chi connectivity index (χ4v) is 2.65. The van der Waals surface area contributed by atoms with Crippen LogP contribution in [0.5, 0.6) is 0 Å². The van der Waals surface area contributed by atoms with Crippen LogP contribution in [-0.4, -0.2) is 17.1 Å². The number of rotatable bonds is 6. The lowest BCUT2D eigenvalue weighted by molar-refractivity contribution is -0.384. The predicted molar refractivity (Wildman–Crippen MR) is 92.8 cm³/mol. The number of nitrogens with two attached hydrogens (primary N) is 1. The number of hydrogen-bond acceptors (Lipinski definition) is 5. The Morgan fingerprint density at radius 3 is 2.22 bits per heavy atom. The first kappa shape index (κ1) is 16.6. The van der Waals surface area contributed by atoms with E-state index in [1.807, 2.05) is 36.6 Å². The van der Waals surface area contributed by atoms with Crippen molar-refractivity contribution in [2.75, 3.05) is 11.6 Å². The van der Waals surface area contributed by atoms with Gasteiger partial charge in [0.05, 0.1) is 15.5 Å². The molecule has 0 aliphatic heterocycles. The molecule has 0 bridgehead atoms. The number of nitro benzene ring substituents is 1. The second-order valence-electron chi connectivity index (χ2n) is 4.57. The fraction of sp³-hybridized carbons (Fsp3) is 0.0625. The topological polar surface area (TPSA) is 98.3 Å². The molecule has 7 heteroatoms. The molecule has 2 aromatic carbocycles. The highest BCUT2D eigenvalue weighted by Crippen LogP contribution is 2.28. The molecule has 0 aliphatic carbocycles. The van der Waals surface area contributed by atoms with E-state index < -0.39 is 10.8 Å². The minimum Gasteiger partial charge on any atom is -0.365 e. The van der Waals surface area contributed by atoms with Gasteiger partial charge in [-0.25, -0.2) is 0 Å². The Labute approximate surface area is 137 Å². The van der Waals surface area contributed by atoms with E-state index in [1.54, 1.807) is 0 Å². The molecule has 0 heterocycles. The van der Waals surface area contributed by atoms with Gasteiger partial charge in [-0.05, 0) is 36.1 Å². The Balaban J connectivity index is 2.45. The molecule has 118 valence electrons. The number of amides is 1. The summed E-state index contributed by atoms with van der Waals surface area (Å²) in [6.45, 7) is 0. The second kappa shape index (κ2) is 7.46. The van der Waals surface area contributed by atoms with E-state index >= 15 is 0 Å².